The summed E-state index contributed by atoms with van der Waals surface area (Å²) < 4.78 is 53.9. The first-order valence-corrected chi connectivity index (χ1v) is 6.11. The molecule has 0 aliphatic heterocycles. The van der Waals surface area contributed by atoms with E-state index < -0.39 is 30.3 Å². The summed E-state index contributed by atoms with van der Waals surface area (Å²) in [6, 6.07) is 8.87. The van der Waals surface area contributed by atoms with E-state index in [4.69, 9.17) is 5.11 Å². The summed E-state index contributed by atoms with van der Waals surface area (Å²) in [6.07, 6.45) is -5.33. The molecule has 3 nitrogen and oxygen atoms in total. The second-order valence-electron chi connectivity index (χ2n) is 4.45. The van der Waals surface area contributed by atoms with Crippen LogP contribution in [0.25, 0.3) is 11.1 Å². The lowest BCUT2D eigenvalue weighted by molar-refractivity contribution is -0.274. The number of carbonyl (C=O) groups is 1. The number of hydrogen-bond donors (Lipinski definition) is 1. The molecule has 22 heavy (non-hydrogen) atoms. The Morgan fingerprint density at radius 2 is 1.77 bits per heavy atom. The van der Waals surface area contributed by atoms with E-state index in [1.807, 2.05) is 0 Å². The smallest absolute Gasteiger partial charge is 0.481 e. The summed E-state index contributed by atoms with van der Waals surface area (Å²) in [5.74, 6) is -2.30. The van der Waals surface area contributed by atoms with Crippen molar-refractivity contribution in [2.45, 2.75) is 12.8 Å². The van der Waals surface area contributed by atoms with Crippen LogP contribution in [0.1, 0.15) is 5.56 Å². The van der Waals surface area contributed by atoms with Crippen molar-refractivity contribution in [3.8, 4) is 16.9 Å². The number of benzene rings is 2. The van der Waals surface area contributed by atoms with Crippen LogP contribution in [0.4, 0.5) is 17.6 Å². The second-order valence-corrected chi connectivity index (χ2v) is 4.45. The van der Waals surface area contributed by atoms with Crippen LogP contribution in [0.3, 0.4) is 0 Å². The highest BCUT2D eigenvalue weighted by Gasteiger charge is 2.31. The molecule has 0 saturated carbocycles. The number of aliphatic carboxylic acids is 1. The molecule has 0 aromatic heterocycles. The fourth-order valence-electron chi connectivity index (χ4n) is 1.93. The number of carboxylic acids is 1. The summed E-state index contributed by atoms with van der Waals surface area (Å²) >= 11 is 0. The molecule has 2 aromatic rings. The Morgan fingerprint density at radius 3 is 2.41 bits per heavy atom. The number of halogens is 4. The average Bonchev–Trinajstić information content (AvgIpc) is 2.39. The Bertz CT molecular complexity index is 695. The Hall–Kier alpha value is -2.57. The molecule has 0 atom stereocenters. The van der Waals surface area contributed by atoms with Gasteiger partial charge in [-0.25, -0.2) is 4.39 Å². The van der Waals surface area contributed by atoms with Gasteiger partial charge in [0.25, 0.3) is 0 Å². The van der Waals surface area contributed by atoms with Crippen molar-refractivity contribution in [2.24, 2.45) is 0 Å². The highest BCUT2D eigenvalue weighted by molar-refractivity contribution is 5.72. The lowest BCUT2D eigenvalue weighted by atomic mass is 10.0. The predicted octanol–water partition coefficient (Wildman–Crippen LogP) is 4.02. The first-order chi connectivity index (χ1) is 10.2. The second kappa shape index (κ2) is 6.05. The Labute approximate surface area is 122 Å². The first-order valence-electron chi connectivity index (χ1n) is 6.11. The number of hydrogen-bond acceptors (Lipinski definition) is 2. The molecule has 0 aliphatic rings. The van der Waals surface area contributed by atoms with E-state index in [2.05, 4.69) is 4.74 Å². The van der Waals surface area contributed by atoms with E-state index in [9.17, 15) is 22.4 Å². The summed E-state index contributed by atoms with van der Waals surface area (Å²) in [7, 11) is 0. The fraction of sp³-hybridized carbons (Fsp3) is 0.133. The number of ether oxygens (including phenoxy) is 1. The van der Waals surface area contributed by atoms with Gasteiger partial charge in [0.1, 0.15) is 11.6 Å². The summed E-state index contributed by atoms with van der Waals surface area (Å²) in [6.45, 7) is 0. The van der Waals surface area contributed by atoms with Crippen molar-refractivity contribution in [3.05, 3.63) is 53.8 Å². The van der Waals surface area contributed by atoms with Gasteiger partial charge in [0.2, 0.25) is 0 Å². The monoisotopic (exact) mass is 314 g/mol. The van der Waals surface area contributed by atoms with Gasteiger partial charge in [-0.1, -0.05) is 18.2 Å². The van der Waals surface area contributed by atoms with Crippen LogP contribution in [0.15, 0.2) is 42.5 Å². The van der Waals surface area contributed by atoms with Crippen molar-refractivity contribution >= 4 is 5.97 Å². The van der Waals surface area contributed by atoms with E-state index in [1.165, 1.54) is 24.3 Å². The van der Waals surface area contributed by atoms with Gasteiger partial charge >= 0.3 is 12.3 Å². The largest absolute Gasteiger partial charge is 0.573 e. The molecule has 2 aromatic carbocycles. The van der Waals surface area contributed by atoms with Crippen LogP contribution in [0.2, 0.25) is 0 Å². The minimum atomic E-state index is -4.81. The average molecular weight is 314 g/mol. The number of alkyl halides is 3. The Balaban J connectivity index is 2.35. The van der Waals surface area contributed by atoms with Crippen LogP contribution in [-0.2, 0) is 11.2 Å². The topological polar surface area (TPSA) is 46.5 Å². The number of rotatable bonds is 4. The molecule has 0 radical (unpaired) electrons. The lowest BCUT2D eigenvalue weighted by Crippen LogP contribution is -2.17. The maximum atomic E-state index is 13.5. The third-order valence-corrected chi connectivity index (χ3v) is 2.79. The van der Waals surface area contributed by atoms with Gasteiger partial charge in [0.05, 0.1) is 6.42 Å². The van der Waals surface area contributed by atoms with Crippen LogP contribution in [0, 0.1) is 5.82 Å². The molecule has 0 heterocycles. The summed E-state index contributed by atoms with van der Waals surface area (Å²) in [4.78, 5) is 10.7. The van der Waals surface area contributed by atoms with Crippen LogP contribution >= 0.6 is 0 Å². The third kappa shape index (κ3) is 4.21. The third-order valence-electron chi connectivity index (χ3n) is 2.79. The van der Waals surface area contributed by atoms with Crippen molar-refractivity contribution in [1.82, 2.24) is 0 Å². The van der Waals surface area contributed by atoms with Crippen LogP contribution < -0.4 is 4.74 Å². The van der Waals surface area contributed by atoms with Crippen molar-refractivity contribution in [2.75, 3.05) is 0 Å². The molecule has 7 heteroatoms. The van der Waals surface area contributed by atoms with E-state index in [0.717, 1.165) is 18.2 Å². The standard InChI is InChI=1S/C15H10F4O3/c16-13-5-4-10(6-11(13)8-14(20)21)9-2-1-3-12(7-9)22-15(17,18)19/h1-7H,8H2,(H,20,21). The van der Waals surface area contributed by atoms with Crippen molar-refractivity contribution in [1.29, 1.82) is 0 Å². The van der Waals surface area contributed by atoms with Gasteiger partial charge in [-0.2, -0.15) is 0 Å². The quantitative estimate of drug-likeness (QED) is 0.867. The maximum absolute atomic E-state index is 13.5. The zero-order valence-corrected chi connectivity index (χ0v) is 11.0. The molecule has 0 saturated heterocycles. The van der Waals surface area contributed by atoms with Gasteiger partial charge in [0.15, 0.2) is 0 Å². The van der Waals surface area contributed by atoms with Gasteiger partial charge in [-0.3, -0.25) is 4.79 Å². The molecule has 0 unspecified atom stereocenters. The molecular weight excluding hydrogens is 304 g/mol. The van der Waals surface area contributed by atoms with E-state index in [0.29, 0.717) is 11.1 Å². The predicted molar refractivity (Wildman–Crippen MR) is 69.9 cm³/mol. The molecular formula is C15H10F4O3. The minimum absolute atomic E-state index is 0.0489. The molecule has 2 rings (SSSR count). The Kier molecular flexibility index (Phi) is 4.35. The molecule has 116 valence electrons. The first kappa shape index (κ1) is 15.8. The minimum Gasteiger partial charge on any atom is -0.481 e. The summed E-state index contributed by atoms with van der Waals surface area (Å²) in [5.41, 5.74) is 0.700. The fourth-order valence-corrected chi connectivity index (χ4v) is 1.93. The van der Waals surface area contributed by atoms with Gasteiger partial charge < -0.3 is 9.84 Å². The van der Waals surface area contributed by atoms with E-state index in [-0.39, 0.29) is 5.56 Å². The zero-order valence-electron chi connectivity index (χ0n) is 11.0. The van der Waals surface area contributed by atoms with Crippen LogP contribution in [0.5, 0.6) is 5.75 Å². The van der Waals surface area contributed by atoms with Crippen LogP contribution in [-0.4, -0.2) is 17.4 Å². The highest BCUT2D eigenvalue weighted by Crippen LogP contribution is 2.29. The lowest BCUT2D eigenvalue weighted by Gasteiger charge is -2.11. The molecule has 0 amide bonds. The van der Waals surface area contributed by atoms with Gasteiger partial charge in [-0.15, -0.1) is 13.2 Å². The summed E-state index contributed by atoms with van der Waals surface area (Å²) in [5, 5.41) is 8.71. The number of carboxylic acid groups (broad SMARTS) is 1. The van der Waals surface area contributed by atoms with Crippen molar-refractivity contribution in [3.63, 3.8) is 0 Å². The zero-order chi connectivity index (χ0) is 16.3. The SMILES string of the molecule is O=C(O)Cc1cc(-c2cccc(OC(F)(F)F)c2)ccc1F. The van der Waals surface area contributed by atoms with Gasteiger partial charge in [0, 0.05) is 0 Å². The van der Waals surface area contributed by atoms with Crippen molar-refractivity contribution < 1.29 is 32.2 Å². The molecule has 0 bridgehead atoms. The molecule has 0 fully saturated rings. The Morgan fingerprint density at radius 1 is 1.09 bits per heavy atom. The van der Waals surface area contributed by atoms with Gasteiger partial charge in [-0.05, 0) is 41.0 Å². The van der Waals surface area contributed by atoms with E-state index >= 15 is 0 Å². The van der Waals surface area contributed by atoms with E-state index in [1.54, 1.807) is 0 Å². The molecule has 1 N–H and O–H groups in total. The normalized spacial score (nSPS) is 11.3. The highest BCUT2D eigenvalue weighted by atomic mass is 19.4. The molecule has 0 spiro atoms. The maximum Gasteiger partial charge on any atom is 0.573 e. The molecule has 0 aliphatic carbocycles.